The number of sulfonamides is 1. The van der Waals surface area contributed by atoms with Crippen molar-refractivity contribution in [3.8, 4) is 6.07 Å². The Hall–Kier alpha value is -3.88. The van der Waals surface area contributed by atoms with Crippen molar-refractivity contribution in [3.05, 3.63) is 144 Å². The third kappa shape index (κ3) is 5.69. The number of ether oxygens (including phenoxy) is 4. The molecule has 226 valence electrons. The van der Waals surface area contributed by atoms with E-state index in [0.29, 0.717) is 5.56 Å². The Balaban J connectivity index is 1.41. The normalized spacial score (nSPS) is 24.4. The summed E-state index contributed by atoms with van der Waals surface area (Å²) < 4.78 is 55.3. The molecule has 1 N–H and O–H groups in total. The molecule has 0 amide bonds. The fourth-order valence-corrected chi connectivity index (χ4v) is 7.61. The quantitative estimate of drug-likeness (QED) is 0.244. The van der Waals surface area contributed by atoms with Gasteiger partial charge in [0, 0.05) is 0 Å². The van der Waals surface area contributed by atoms with Crippen molar-refractivity contribution in [1.29, 1.82) is 5.26 Å². The molecule has 2 fully saturated rings. The number of hydrogen-bond acceptors (Lipinski definition) is 7. The van der Waals surface area contributed by atoms with Crippen LogP contribution in [0.2, 0.25) is 0 Å². The van der Waals surface area contributed by atoms with Crippen molar-refractivity contribution >= 4 is 10.0 Å². The SMILES string of the molecule is CC1(C)O[C@H]2O[C@H](COC(c3ccccc3)(c3ccccc3)c3ccccc3)[C@@](C#N)(NS(=O)(=O)Cc3ccccc3)[C@H]2O1. The molecule has 0 aliphatic carbocycles. The molecule has 2 aliphatic rings. The summed E-state index contributed by atoms with van der Waals surface area (Å²) in [6.45, 7) is 3.23. The molecule has 6 rings (SSSR count). The minimum atomic E-state index is -4.05. The van der Waals surface area contributed by atoms with E-state index in [1.807, 2.05) is 97.1 Å². The number of hydrogen-bond donors (Lipinski definition) is 1. The highest BCUT2D eigenvalue weighted by molar-refractivity contribution is 7.88. The Bertz CT molecular complexity index is 1620. The van der Waals surface area contributed by atoms with E-state index in [2.05, 4.69) is 10.8 Å². The first-order chi connectivity index (χ1) is 21.2. The van der Waals surface area contributed by atoms with E-state index in [9.17, 15) is 13.7 Å². The summed E-state index contributed by atoms with van der Waals surface area (Å²) in [6.07, 6.45) is -3.11. The van der Waals surface area contributed by atoms with E-state index < -0.39 is 45.4 Å². The molecule has 0 aromatic heterocycles. The van der Waals surface area contributed by atoms with Crippen LogP contribution in [-0.4, -0.2) is 44.8 Å². The van der Waals surface area contributed by atoms with Crippen molar-refractivity contribution in [3.63, 3.8) is 0 Å². The van der Waals surface area contributed by atoms with Gasteiger partial charge in [-0.2, -0.15) is 9.98 Å². The molecule has 2 aliphatic heterocycles. The van der Waals surface area contributed by atoms with E-state index in [0.717, 1.165) is 16.7 Å². The number of nitrogens with zero attached hydrogens (tertiary/aromatic N) is 1. The van der Waals surface area contributed by atoms with Gasteiger partial charge in [-0.25, -0.2) is 8.42 Å². The van der Waals surface area contributed by atoms with Gasteiger partial charge in [0.15, 0.2) is 17.6 Å². The predicted octanol–water partition coefficient (Wildman–Crippen LogP) is 5.25. The first-order valence-corrected chi connectivity index (χ1v) is 16.1. The van der Waals surface area contributed by atoms with E-state index >= 15 is 0 Å². The van der Waals surface area contributed by atoms with Crippen LogP contribution >= 0.6 is 0 Å². The highest BCUT2D eigenvalue weighted by Crippen LogP contribution is 2.46. The molecule has 0 spiro atoms. The summed E-state index contributed by atoms with van der Waals surface area (Å²) in [5, 5.41) is 10.8. The van der Waals surface area contributed by atoms with Crippen molar-refractivity contribution < 1.29 is 27.4 Å². The molecule has 2 heterocycles. The maximum Gasteiger partial charge on any atom is 0.217 e. The molecule has 0 radical (unpaired) electrons. The fraction of sp³-hybridized carbons (Fsp3) is 0.286. The average molecular weight is 611 g/mol. The van der Waals surface area contributed by atoms with Gasteiger partial charge in [-0.3, -0.25) is 0 Å². The number of benzene rings is 4. The van der Waals surface area contributed by atoms with Crippen LogP contribution in [0.1, 0.15) is 36.1 Å². The lowest BCUT2D eigenvalue weighted by Gasteiger charge is -2.39. The molecular weight excluding hydrogens is 576 g/mol. The highest BCUT2D eigenvalue weighted by Gasteiger charge is 2.66. The summed E-state index contributed by atoms with van der Waals surface area (Å²) in [5.74, 6) is -1.41. The van der Waals surface area contributed by atoms with Gasteiger partial charge in [0.1, 0.15) is 17.8 Å². The number of nitriles is 1. The molecule has 0 unspecified atom stereocenters. The first-order valence-electron chi connectivity index (χ1n) is 14.5. The second-order valence-corrected chi connectivity index (χ2v) is 13.2. The number of nitrogens with one attached hydrogen (secondary N) is 1. The van der Waals surface area contributed by atoms with Crippen LogP contribution in [0, 0.1) is 11.3 Å². The van der Waals surface area contributed by atoms with Crippen molar-refractivity contribution in [2.75, 3.05) is 6.61 Å². The Kier molecular flexibility index (Phi) is 8.16. The third-order valence-electron chi connectivity index (χ3n) is 8.01. The van der Waals surface area contributed by atoms with Gasteiger partial charge in [0.25, 0.3) is 0 Å². The zero-order chi connectivity index (χ0) is 30.8. The van der Waals surface area contributed by atoms with Gasteiger partial charge in [-0.05, 0) is 36.1 Å². The highest BCUT2D eigenvalue weighted by atomic mass is 32.2. The molecule has 44 heavy (non-hydrogen) atoms. The maximum absolute atomic E-state index is 13.6. The molecule has 8 nitrogen and oxygen atoms in total. The summed E-state index contributed by atoms with van der Waals surface area (Å²) in [6, 6.07) is 40.4. The monoisotopic (exact) mass is 610 g/mol. The lowest BCUT2D eigenvalue weighted by molar-refractivity contribution is -0.217. The average Bonchev–Trinajstić information content (AvgIpc) is 3.48. The van der Waals surface area contributed by atoms with Crippen LogP contribution in [0.5, 0.6) is 0 Å². The van der Waals surface area contributed by atoms with Crippen LogP contribution in [0.25, 0.3) is 0 Å². The Morgan fingerprint density at radius 2 is 1.27 bits per heavy atom. The molecule has 9 heteroatoms. The van der Waals surface area contributed by atoms with Gasteiger partial charge in [0.2, 0.25) is 10.0 Å². The second kappa shape index (κ2) is 11.9. The smallest absolute Gasteiger partial charge is 0.217 e. The topological polar surface area (TPSA) is 107 Å². The Morgan fingerprint density at radius 3 is 1.75 bits per heavy atom. The van der Waals surface area contributed by atoms with Crippen LogP contribution in [0.3, 0.4) is 0 Å². The summed E-state index contributed by atoms with van der Waals surface area (Å²) in [5.41, 5.74) is 0.193. The van der Waals surface area contributed by atoms with Crippen molar-refractivity contribution in [2.45, 2.75) is 55.0 Å². The van der Waals surface area contributed by atoms with Crippen molar-refractivity contribution in [2.24, 2.45) is 0 Å². The molecule has 0 bridgehead atoms. The van der Waals surface area contributed by atoms with E-state index in [4.69, 9.17) is 18.9 Å². The third-order valence-corrected chi connectivity index (χ3v) is 9.38. The second-order valence-electron chi connectivity index (χ2n) is 11.5. The van der Waals surface area contributed by atoms with Crippen molar-refractivity contribution in [1.82, 2.24) is 4.72 Å². The molecule has 4 aromatic rings. The number of fused-ring (bicyclic) bond motifs is 1. The molecular formula is C35H34N2O6S. The summed E-state index contributed by atoms with van der Waals surface area (Å²) in [7, 11) is -4.05. The molecule has 4 atom stereocenters. The van der Waals surface area contributed by atoms with Crippen LogP contribution < -0.4 is 4.72 Å². The van der Waals surface area contributed by atoms with Gasteiger partial charge < -0.3 is 18.9 Å². The van der Waals surface area contributed by atoms with Gasteiger partial charge in [-0.15, -0.1) is 0 Å². The first kappa shape index (κ1) is 30.2. The van der Waals surface area contributed by atoms with Gasteiger partial charge in [-0.1, -0.05) is 121 Å². The molecule has 2 saturated heterocycles. The minimum absolute atomic E-state index is 0.166. The zero-order valence-electron chi connectivity index (χ0n) is 24.5. The standard InChI is InChI=1S/C35H34N2O6S/c1-33(2)42-31-32(43-33)41-30(34(31,25-36)37-44(38,39)24-26-15-7-3-8-16-26)23-40-35(27-17-9-4-10-18-27,28-19-11-5-12-20-28)29-21-13-6-14-22-29/h3-22,30-32,37H,23-24H2,1-2H3/t30-,31+,32-,34-/m1/s1. The van der Waals surface area contributed by atoms with E-state index in [-0.39, 0.29) is 12.4 Å². The molecule has 4 aromatic carbocycles. The predicted molar refractivity (Wildman–Crippen MR) is 164 cm³/mol. The lowest BCUT2D eigenvalue weighted by atomic mass is 9.80. The van der Waals surface area contributed by atoms with E-state index in [1.165, 1.54) is 0 Å². The van der Waals surface area contributed by atoms with Crippen LogP contribution in [0.4, 0.5) is 0 Å². The minimum Gasteiger partial charge on any atom is -0.358 e. The lowest BCUT2D eigenvalue weighted by Crippen LogP contribution is -2.62. The Labute approximate surface area is 258 Å². The van der Waals surface area contributed by atoms with Crippen LogP contribution in [0.15, 0.2) is 121 Å². The van der Waals surface area contributed by atoms with E-state index in [1.54, 1.807) is 38.1 Å². The number of rotatable bonds is 10. The van der Waals surface area contributed by atoms with Crippen LogP contribution in [-0.2, 0) is 40.3 Å². The van der Waals surface area contributed by atoms with Gasteiger partial charge >= 0.3 is 0 Å². The van der Waals surface area contributed by atoms with Gasteiger partial charge in [0.05, 0.1) is 18.4 Å². The zero-order valence-corrected chi connectivity index (χ0v) is 25.3. The summed E-state index contributed by atoms with van der Waals surface area (Å²) >= 11 is 0. The fourth-order valence-electron chi connectivity index (χ4n) is 6.10. The largest absolute Gasteiger partial charge is 0.358 e. The molecule has 0 saturated carbocycles. The Morgan fingerprint density at radius 1 is 0.795 bits per heavy atom. The summed E-state index contributed by atoms with van der Waals surface area (Å²) in [4.78, 5) is 0. The maximum atomic E-state index is 13.6.